The van der Waals surface area contributed by atoms with Gasteiger partial charge in [-0.05, 0) is 38.5 Å². The quantitative estimate of drug-likeness (QED) is 0.819. The van der Waals surface area contributed by atoms with Gasteiger partial charge in [0.2, 0.25) is 0 Å². The van der Waals surface area contributed by atoms with Gasteiger partial charge in [0, 0.05) is 11.9 Å². The standard InChI is InChI=1S/C12H20N2OS/c1-8(10-3-2-6-15-10)14-12-13-7-11(16-12)9-4-5-9/h8-11H,2-7H2,1H3,(H,13,14). The zero-order valence-electron chi connectivity index (χ0n) is 9.82. The highest BCUT2D eigenvalue weighted by atomic mass is 32.2. The van der Waals surface area contributed by atoms with E-state index in [9.17, 15) is 0 Å². The molecule has 1 aliphatic carbocycles. The van der Waals surface area contributed by atoms with Crippen molar-refractivity contribution in [3.05, 3.63) is 0 Å². The van der Waals surface area contributed by atoms with Crippen LogP contribution >= 0.6 is 11.8 Å². The fourth-order valence-electron chi connectivity index (χ4n) is 2.47. The molecule has 0 aromatic heterocycles. The lowest BCUT2D eigenvalue weighted by molar-refractivity contribution is 0.0896. The molecule has 0 spiro atoms. The summed E-state index contributed by atoms with van der Waals surface area (Å²) >= 11 is 1.95. The van der Waals surface area contributed by atoms with Crippen LogP contribution in [0.15, 0.2) is 4.99 Å². The predicted molar refractivity (Wildman–Crippen MR) is 68.0 cm³/mol. The molecule has 1 saturated carbocycles. The van der Waals surface area contributed by atoms with Gasteiger partial charge in [0.05, 0.1) is 18.7 Å². The molecule has 0 radical (unpaired) electrons. The van der Waals surface area contributed by atoms with Crippen LogP contribution in [-0.2, 0) is 4.74 Å². The van der Waals surface area contributed by atoms with Crippen LogP contribution in [0.4, 0.5) is 0 Å². The summed E-state index contributed by atoms with van der Waals surface area (Å²) in [5.74, 6) is 0.950. The minimum absolute atomic E-state index is 0.392. The van der Waals surface area contributed by atoms with Gasteiger partial charge in [-0.1, -0.05) is 11.8 Å². The Morgan fingerprint density at radius 2 is 2.31 bits per heavy atom. The maximum Gasteiger partial charge on any atom is 0.157 e. The third-order valence-corrected chi connectivity index (χ3v) is 5.01. The molecule has 16 heavy (non-hydrogen) atoms. The number of nitrogens with zero attached hydrogens (tertiary/aromatic N) is 1. The van der Waals surface area contributed by atoms with Crippen molar-refractivity contribution in [3.63, 3.8) is 0 Å². The summed E-state index contributed by atoms with van der Waals surface area (Å²) in [6.45, 7) is 4.17. The van der Waals surface area contributed by atoms with E-state index in [2.05, 4.69) is 17.2 Å². The average Bonchev–Trinajstić information content (AvgIpc) is 2.82. The summed E-state index contributed by atoms with van der Waals surface area (Å²) in [5.41, 5.74) is 0. The van der Waals surface area contributed by atoms with E-state index in [1.807, 2.05) is 11.8 Å². The summed E-state index contributed by atoms with van der Waals surface area (Å²) in [4.78, 5) is 4.60. The molecule has 1 N–H and O–H groups in total. The van der Waals surface area contributed by atoms with E-state index in [4.69, 9.17) is 4.74 Å². The molecule has 3 aliphatic rings. The van der Waals surface area contributed by atoms with Crippen LogP contribution in [0.1, 0.15) is 32.6 Å². The number of ether oxygens (including phenoxy) is 1. The molecule has 3 nitrogen and oxygen atoms in total. The van der Waals surface area contributed by atoms with E-state index in [0.29, 0.717) is 12.1 Å². The van der Waals surface area contributed by atoms with E-state index in [-0.39, 0.29) is 0 Å². The van der Waals surface area contributed by atoms with Gasteiger partial charge in [-0.3, -0.25) is 4.99 Å². The first kappa shape index (κ1) is 10.9. The van der Waals surface area contributed by atoms with Crippen LogP contribution in [0.25, 0.3) is 0 Å². The first-order valence-corrected chi connectivity index (χ1v) is 7.30. The first-order valence-electron chi connectivity index (χ1n) is 6.42. The Kier molecular flexibility index (Phi) is 3.11. The fraction of sp³-hybridized carbons (Fsp3) is 0.917. The van der Waals surface area contributed by atoms with Crippen LogP contribution in [-0.4, -0.2) is 35.7 Å². The lowest BCUT2D eigenvalue weighted by Crippen LogP contribution is -2.39. The molecule has 1 saturated heterocycles. The maximum absolute atomic E-state index is 5.68. The molecule has 3 atom stereocenters. The van der Waals surface area contributed by atoms with E-state index >= 15 is 0 Å². The second-order valence-electron chi connectivity index (χ2n) is 5.12. The summed E-state index contributed by atoms with van der Waals surface area (Å²) in [5, 5.41) is 5.44. The highest BCUT2D eigenvalue weighted by Crippen LogP contribution is 2.41. The molecule has 0 aromatic carbocycles. The second kappa shape index (κ2) is 4.57. The Hall–Kier alpha value is -0.220. The van der Waals surface area contributed by atoms with Crippen LogP contribution < -0.4 is 5.32 Å². The average molecular weight is 240 g/mol. The molecule has 90 valence electrons. The number of hydrogen-bond donors (Lipinski definition) is 1. The Bertz CT molecular complexity index is 285. The third kappa shape index (κ3) is 2.38. The summed E-state index contributed by atoms with van der Waals surface area (Å²) in [6, 6.07) is 0.409. The molecule has 2 aliphatic heterocycles. The number of amidine groups is 1. The fourth-order valence-corrected chi connectivity index (χ4v) is 3.77. The van der Waals surface area contributed by atoms with Crippen LogP contribution in [0.3, 0.4) is 0 Å². The Labute approximate surface area is 101 Å². The minimum Gasteiger partial charge on any atom is -0.376 e. The van der Waals surface area contributed by atoms with Crippen molar-refractivity contribution in [2.24, 2.45) is 10.9 Å². The van der Waals surface area contributed by atoms with Gasteiger partial charge in [0.1, 0.15) is 0 Å². The molecular formula is C12H20N2OS. The molecule has 3 rings (SSSR count). The number of rotatable bonds is 3. The van der Waals surface area contributed by atoms with Gasteiger partial charge in [0.15, 0.2) is 5.17 Å². The summed E-state index contributed by atoms with van der Waals surface area (Å²) in [6.07, 6.45) is 5.63. The van der Waals surface area contributed by atoms with Crippen molar-refractivity contribution < 1.29 is 4.74 Å². The van der Waals surface area contributed by atoms with Crippen molar-refractivity contribution in [2.75, 3.05) is 13.2 Å². The summed E-state index contributed by atoms with van der Waals surface area (Å²) in [7, 11) is 0. The van der Waals surface area contributed by atoms with Crippen molar-refractivity contribution in [1.82, 2.24) is 5.32 Å². The molecule has 0 aromatic rings. The number of hydrogen-bond acceptors (Lipinski definition) is 4. The van der Waals surface area contributed by atoms with E-state index < -0.39 is 0 Å². The van der Waals surface area contributed by atoms with Crippen molar-refractivity contribution in [1.29, 1.82) is 0 Å². The lowest BCUT2D eigenvalue weighted by Gasteiger charge is -2.20. The third-order valence-electron chi connectivity index (χ3n) is 3.70. The molecular weight excluding hydrogens is 220 g/mol. The van der Waals surface area contributed by atoms with E-state index in [1.165, 1.54) is 25.7 Å². The number of thioether (sulfide) groups is 1. The van der Waals surface area contributed by atoms with Gasteiger partial charge in [0.25, 0.3) is 0 Å². The maximum atomic E-state index is 5.68. The highest BCUT2D eigenvalue weighted by Gasteiger charge is 2.36. The van der Waals surface area contributed by atoms with Crippen molar-refractivity contribution in [2.45, 2.75) is 50.0 Å². The number of aliphatic imine (C=N–C) groups is 1. The molecule has 0 amide bonds. The van der Waals surface area contributed by atoms with Gasteiger partial charge in [-0.25, -0.2) is 0 Å². The largest absolute Gasteiger partial charge is 0.376 e. The SMILES string of the molecule is CC(NC1=NCC(C2CC2)S1)C1CCCO1. The van der Waals surface area contributed by atoms with Crippen molar-refractivity contribution in [3.8, 4) is 0 Å². The van der Waals surface area contributed by atoms with Gasteiger partial charge < -0.3 is 10.1 Å². The predicted octanol–water partition coefficient (Wildman–Crippen LogP) is 2.02. The van der Waals surface area contributed by atoms with Gasteiger partial charge in [-0.15, -0.1) is 0 Å². The molecule has 4 heteroatoms. The topological polar surface area (TPSA) is 33.6 Å². The zero-order chi connectivity index (χ0) is 11.0. The minimum atomic E-state index is 0.392. The highest BCUT2D eigenvalue weighted by molar-refractivity contribution is 8.14. The normalized spacial score (nSPS) is 36.2. The Balaban J connectivity index is 1.47. The molecule has 2 fully saturated rings. The van der Waals surface area contributed by atoms with E-state index in [0.717, 1.165) is 29.5 Å². The number of nitrogens with one attached hydrogen (secondary N) is 1. The lowest BCUT2D eigenvalue weighted by atomic mass is 10.1. The first-order chi connectivity index (χ1) is 7.83. The molecule has 3 unspecified atom stereocenters. The monoisotopic (exact) mass is 240 g/mol. The van der Waals surface area contributed by atoms with E-state index in [1.54, 1.807) is 0 Å². The van der Waals surface area contributed by atoms with Crippen LogP contribution in [0.2, 0.25) is 0 Å². The van der Waals surface area contributed by atoms with Crippen LogP contribution in [0, 0.1) is 5.92 Å². The van der Waals surface area contributed by atoms with Gasteiger partial charge in [-0.2, -0.15) is 0 Å². The summed E-state index contributed by atoms with van der Waals surface area (Å²) < 4.78 is 5.68. The zero-order valence-corrected chi connectivity index (χ0v) is 10.6. The van der Waals surface area contributed by atoms with Crippen molar-refractivity contribution >= 4 is 16.9 Å². The van der Waals surface area contributed by atoms with Crippen LogP contribution in [0.5, 0.6) is 0 Å². The smallest absolute Gasteiger partial charge is 0.157 e. The Morgan fingerprint density at radius 1 is 1.44 bits per heavy atom. The second-order valence-corrected chi connectivity index (χ2v) is 6.35. The molecule has 0 bridgehead atoms. The Morgan fingerprint density at radius 3 is 3.00 bits per heavy atom. The van der Waals surface area contributed by atoms with Gasteiger partial charge >= 0.3 is 0 Å². The molecule has 2 heterocycles.